The molecule has 0 aromatic heterocycles. The topological polar surface area (TPSA) is 26.8 Å². The van der Waals surface area contributed by atoms with Gasteiger partial charge < -0.3 is 14.7 Å². The van der Waals surface area contributed by atoms with E-state index in [-0.39, 0.29) is 6.03 Å². The minimum Gasteiger partial charge on any atom is -0.325 e. The summed E-state index contributed by atoms with van der Waals surface area (Å²) in [7, 11) is 4.13. The first-order valence-electron chi connectivity index (χ1n) is 6.89. The molecule has 4 heteroatoms. The number of carbonyl (C=O) groups is 1. The van der Waals surface area contributed by atoms with Gasteiger partial charge in [-0.05, 0) is 52.2 Å². The first-order valence-corrected chi connectivity index (χ1v) is 6.89. The maximum absolute atomic E-state index is 12.3. The molecule has 0 unspecified atom stereocenters. The highest BCUT2D eigenvalue weighted by Gasteiger charge is 2.27. The molecule has 0 aromatic carbocycles. The Balaban J connectivity index is 1.85. The third kappa shape index (κ3) is 3.12. The zero-order valence-corrected chi connectivity index (χ0v) is 11.2. The summed E-state index contributed by atoms with van der Waals surface area (Å²) in [6, 6.07) is 0.694. The van der Waals surface area contributed by atoms with E-state index < -0.39 is 0 Å². The van der Waals surface area contributed by atoms with Gasteiger partial charge in [0.25, 0.3) is 0 Å². The van der Waals surface area contributed by atoms with Gasteiger partial charge in [-0.25, -0.2) is 4.79 Å². The SMILES string of the molecule is CN1CCC(N(C)C(=O)N2CCCCC2)CC1. The van der Waals surface area contributed by atoms with E-state index >= 15 is 0 Å². The zero-order valence-electron chi connectivity index (χ0n) is 11.2. The van der Waals surface area contributed by atoms with Crippen molar-refractivity contribution in [1.29, 1.82) is 0 Å². The number of hydrogen-bond acceptors (Lipinski definition) is 2. The highest BCUT2D eigenvalue weighted by molar-refractivity contribution is 5.74. The molecule has 2 rings (SSSR count). The normalized spacial score (nSPS) is 23.8. The van der Waals surface area contributed by atoms with E-state index in [2.05, 4.69) is 11.9 Å². The van der Waals surface area contributed by atoms with E-state index in [1.807, 2.05) is 16.8 Å². The summed E-state index contributed by atoms with van der Waals surface area (Å²) in [5.41, 5.74) is 0. The number of amides is 2. The van der Waals surface area contributed by atoms with E-state index in [9.17, 15) is 4.79 Å². The van der Waals surface area contributed by atoms with Gasteiger partial charge in [-0.3, -0.25) is 0 Å². The van der Waals surface area contributed by atoms with Crippen LogP contribution in [0.25, 0.3) is 0 Å². The van der Waals surface area contributed by atoms with Gasteiger partial charge in [-0.2, -0.15) is 0 Å². The van der Waals surface area contributed by atoms with Gasteiger partial charge >= 0.3 is 6.03 Å². The van der Waals surface area contributed by atoms with Crippen LogP contribution in [0.4, 0.5) is 4.79 Å². The van der Waals surface area contributed by atoms with Crippen LogP contribution in [0.3, 0.4) is 0 Å². The number of urea groups is 1. The molecule has 4 nitrogen and oxygen atoms in total. The number of rotatable bonds is 1. The van der Waals surface area contributed by atoms with Crippen LogP contribution in [-0.4, -0.2) is 67.0 Å². The summed E-state index contributed by atoms with van der Waals surface area (Å²) < 4.78 is 0. The summed E-state index contributed by atoms with van der Waals surface area (Å²) in [6.45, 7) is 4.14. The second kappa shape index (κ2) is 5.71. The lowest BCUT2D eigenvalue weighted by molar-refractivity contribution is 0.113. The van der Waals surface area contributed by atoms with Crippen molar-refractivity contribution in [3.63, 3.8) is 0 Å². The largest absolute Gasteiger partial charge is 0.325 e. The lowest BCUT2D eigenvalue weighted by Crippen LogP contribution is -2.50. The molecule has 0 atom stereocenters. The van der Waals surface area contributed by atoms with Crippen LogP contribution in [-0.2, 0) is 0 Å². The van der Waals surface area contributed by atoms with E-state index in [0.717, 1.165) is 39.0 Å². The van der Waals surface area contributed by atoms with Crippen LogP contribution in [0.1, 0.15) is 32.1 Å². The first kappa shape index (κ1) is 12.7. The van der Waals surface area contributed by atoms with Crippen molar-refractivity contribution in [2.45, 2.75) is 38.1 Å². The van der Waals surface area contributed by atoms with Crippen molar-refractivity contribution < 1.29 is 4.79 Å². The Morgan fingerprint density at radius 3 is 2.24 bits per heavy atom. The minimum atomic E-state index is 0.249. The molecule has 0 aromatic rings. The average molecular weight is 239 g/mol. The Hall–Kier alpha value is -0.770. The lowest BCUT2D eigenvalue weighted by Gasteiger charge is -2.38. The third-order valence-electron chi connectivity index (χ3n) is 4.16. The van der Waals surface area contributed by atoms with E-state index in [1.54, 1.807) is 0 Å². The molecule has 2 aliphatic heterocycles. The van der Waals surface area contributed by atoms with Gasteiger partial charge in [-0.15, -0.1) is 0 Å². The van der Waals surface area contributed by atoms with E-state index in [4.69, 9.17) is 0 Å². The van der Waals surface area contributed by atoms with Gasteiger partial charge in [0, 0.05) is 26.2 Å². The summed E-state index contributed by atoms with van der Waals surface area (Å²) in [6.07, 6.45) is 5.86. The Labute approximate surface area is 105 Å². The fourth-order valence-electron chi connectivity index (χ4n) is 2.85. The zero-order chi connectivity index (χ0) is 12.3. The highest BCUT2D eigenvalue weighted by Crippen LogP contribution is 2.17. The molecule has 0 bridgehead atoms. The number of hydrogen-bond donors (Lipinski definition) is 0. The van der Waals surface area contributed by atoms with Crippen LogP contribution < -0.4 is 0 Å². The van der Waals surface area contributed by atoms with E-state index in [0.29, 0.717) is 6.04 Å². The summed E-state index contributed by atoms with van der Waals surface area (Å²) in [4.78, 5) is 18.7. The van der Waals surface area contributed by atoms with Crippen LogP contribution in [0, 0.1) is 0 Å². The third-order valence-corrected chi connectivity index (χ3v) is 4.16. The Kier molecular flexibility index (Phi) is 4.26. The fraction of sp³-hybridized carbons (Fsp3) is 0.923. The predicted molar refractivity (Wildman–Crippen MR) is 69.1 cm³/mol. The van der Waals surface area contributed by atoms with Gasteiger partial charge in [0.2, 0.25) is 0 Å². The molecule has 17 heavy (non-hydrogen) atoms. The standard InChI is InChI=1S/C13H25N3O/c1-14-10-6-12(7-11-14)15(2)13(17)16-8-4-3-5-9-16/h12H,3-11H2,1-2H3. The van der Waals surface area contributed by atoms with Crippen LogP contribution >= 0.6 is 0 Å². The highest BCUT2D eigenvalue weighted by atomic mass is 16.2. The molecule has 2 saturated heterocycles. The van der Waals surface area contributed by atoms with Crippen LogP contribution in [0.5, 0.6) is 0 Å². The maximum Gasteiger partial charge on any atom is 0.319 e. The van der Waals surface area contributed by atoms with Crippen LogP contribution in [0.15, 0.2) is 0 Å². The molecule has 98 valence electrons. The number of carbonyl (C=O) groups excluding carboxylic acids is 1. The Bertz CT molecular complexity index is 255. The molecule has 0 radical (unpaired) electrons. The lowest BCUT2D eigenvalue weighted by atomic mass is 10.0. The van der Waals surface area contributed by atoms with E-state index in [1.165, 1.54) is 19.3 Å². The maximum atomic E-state index is 12.3. The second-order valence-corrected chi connectivity index (χ2v) is 5.48. The van der Waals surface area contributed by atoms with Gasteiger partial charge in [-0.1, -0.05) is 0 Å². The molecular weight excluding hydrogens is 214 g/mol. The average Bonchev–Trinajstić information content (AvgIpc) is 2.39. The molecular formula is C13H25N3O. The molecule has 0 aliphatic carbocycles. The molecule has 2 aliphatic rings. The summed E-state index contributed by atoms with van der Waals surface area (Å²) in [5.74, 6) is 0. The molecule has 0 spiro atoms. The molecule has 2 amide bonds. The Morgan fingerprint density at radius 2 is 1.65 bits per heavy atom. The summed E-state index contributed by atoms with van der Waals surface area (Å²) >= 11 is 0. The fourth-order valence-corrected chi connectivity index (χ4v) is 2.85. The first-order chi connectivity index (χ1) is 8.18. The smallest absolute Gasteiger partial charge is 0.319 e. The second-order valence-electron chi connectivity index (χ2n) is 5.48. The number of nitrogens with zero attached hydrogens (tertiary/aromatic N) is 3. The van der Waals surface area contributed by atoms with Crippen LogP contribution in [0.2, 0.25) is 0 Å². The Morgan fingerprint density at radius 1 is 1.06 bits per heavy atom. The van der Waals surface area contributed by atoms with Gasteiger partial charge in [0.15, 0.2) is 0 Å². The van der Waals surface area contributed by atoms with Crippen molar-refractivity contribution in [3.8, 4) is 0 Å². The number of piperidine rings is 2. The van der Waals surface area contributed by atoms with Gasteiger partial charge in [0.1, 0.15) is 0 Å². The molecule has 0 saturated carbocycles. The van der Waals surface area contributed by atoms with Crippen molar-refractivity contribution in [2.24, 2.45) is 0 Å². The molecule has 0 N–H and O–H groups in total. The molecule has 2 fully saturated rings. The predicted octanol–water partition coefficient (Wildman–Crippen LogP) is 1.62. The monoisotopic (exact) mass is 239 g/mol. The number of likely N-dealkylation sites (tertiary alicyclic amines) is 2. The van der Waals surface area contributed by atoms with Crippen molar-refractivity contribution in [2.75, 3.05) is 40.3 Å². The van der Waals surface area contributed by atoms with Crippen molar-refractivity contribution >= 4 is 6.03 Å². The minimum absolute atomic E-state index is 0.249. The molecule has 2 heterocycles. The van der Waals surface area contributed by atoms with Gasteiger partial charge in [0.05, 0.1) is 0 Å². The quantitative estimate of drug-likeness (QED) is 0.695. The van der Waals surface area contributed by atoms with Crippen molar-refractivity contribution in [1.82, 2.24) is 14.7 Å². The van der Waals surface area contributed by atoms with Crippen molar-refractivity contribution in [3.05, 3.63) is 0 Å². The summed E-state index contributed by atoms with van der Waals surface area (Å²) in [5, 5.41) is 0.